The fraction of sp³-hybridized carbons (Fsp3) is 0.304. The first kappa shape index (κ1) is 18.8. The van der Waals surface area contributed by atoms with E-state index in [1.165, 1.54) is 0 Å². The second-order valence-corrected chi connectivity index (χ2v) is 7.97. The van der Waals surface area contributed by atoms with Crippen LogP contribution in [0.25, 0.3) is 0 Å². The number of anilines is 1. The van der Waals surface area contributed by atoms with Crippen molar-refractivity contribution in [3.63, 3.8) is 0 Å². The van der Waals surface area contributed by atoms with Crippen LogP contribution in [0.15, 0.2) is 60.7 Å². The van der Waals surface area contributed by atoms with E-state index in [1.807, 2.05) is 31.2 Å². The van der Waals surface area contributed by atoms with E-state index in [4.69, 9.17) is 16.3 Å². The zero-order chi connectivity index (χ0) is 19.7. The van der Waals surface area contributed by atoms with Gasteiger partial charge in [-0.15, -0.1) is 0 Å². The Morgan fingerprint density at radius 2 is 1.89 bits per heavy atom. The number of rotatable bonds is 5. The molecule has 0 aromatic heterocycles. The summed E-state index contributed by atoms with van der Waals surface area (Å²) in [6.07, 6.45) is 5.08. The lowest BCUT2D eigenvalue weighted by atomic mass is 9.93. The number of carbonyl (C=O) groups excluding carboxylic acids is 2. The molecule has 1 fully saturated rings. The standard InChI is InChI=1S/C23H22ClNO3/c1-14-7-10-18(13-20(14)24)25-22(26)21(16-5-3-2-4-6-16)28-23(27)19-12-15-8-9-17(19)11-15/h2-10,13,15,17,19,21H,11-12H2,1H3,(H,25,26)/t15-,17-,19+,21+/m0/s1. The molecule has 1 amide bonds. The van der Waals surface area contributed by atoms with E-state index in [2.05, 4.69) is 17.5 Å². The van der Waals surface area contributed by atoms with Crippen LogP contribution in [0.1, 0.15) is 30.1 Å². The maximum absolute atomic E-state index is 13.0. The number of aryl methyl sites for hydroxylation is 1. The number of halogens is 1. The Kier molecular flexibility index (Phi) is 5.23. The summed E-state index contributed by atoms with van der Waals surface area (Å²) in [5.41, 5.74) is 2.14. The molecule has 1 saturated carbocycles. The summed E-state index contributed by atoms with van der Waals surface area (Å²) in [6.45, 7) is 1.90. The van der Waals surface area contributed by atoms with Crippen molar-refractivity contribution in [3.05, 3.63) is 76.8 Å². The minimum absolute atomic E-state index is 0.164. The Balaban J connectivity index is 1.53. The van der Waals surface area contributed by atoms with Gasteiger partial charge in [-0.05, 0) is 49.3 Å². The lowest BCUT2D eigenvalue weighted by Crippen LogP contribution is -2.30. The van der Waals surface area contributed by atoms with Gasteiger partial charge < -0.3 is 10.1 Å². The number of fused-ring (bicyclic) bond motifs is 2. The van der Waals surface area contributed by atoms with Crippen molar-refractivity contribution in [1.82, 2.24) is 0 Å². The van der Waals surface area contributed by atoms with Gasteiger partial charge in [0.15, 0.2) is 0 Å². The molecule has 0 aliphatic heterocycles. The van der Waals surface area contributed by atoms with E-state index in [0.717, 1.165) is 18.4 Å². The van der Waals surface area contributed by atoms with Gasteiger partial charge in [0.25, 0.3) is 5.91 Å². The van der Waals surface area contributed by atoms with Gasteiger partial charge in [-0.1, -0.05) is 60.2 Å². The van der Waals surface area contributed by atoms with Crippen LogP contribution in [0.2, 0.25) is 5.02 Å². The highest BCUT2D eigenvalue weighted by Gasteiger charge is 2.42. The quantitative estimate of drug-likeness (QED) is 0.567. The maximum Gasteiger partial charge on any atom is 0.310 e. The van der Waals surface area contributed by atoms with E-state index in [9.17, 15) is 9.59 Å². The smallest absolute Gasteiger partial charge is 0.310 e. The van der Waals surface area contributed by atoms with Crippen molar-refractivity contribution in [1.29, 1.82) is 0 Å². The highest BCUT2D eigenvalue weighted by molar-refractivity contribution is 6.31. The van der Waals surface area contributed by atoms with Gasteiger partial charge in [0.05, 0.1) is 5.92 Å². The molecule has 0 radical (unpaired) electrons. The van der Waals surface area contributed by atoms with Crippen LogP contribution in [0, 0.1) is 24.7 Å². The van der Waals surface area contributed by atoms with Crippen molar-refractivity contribution in [3.8, 4) is 0 Å². The average molecular weight is 396 g/mol. The van der Waals surface area contributed by atoms with Crippen molar-refractivity contribution in [2.75, 3.05) is 5.32 Å². The zero-order valence-electron chi connectivity index (χ0n) is 15.6. The molecule has 2 aromatic rings. The van der Waals surface area contributed by atoms with Crippen molar-refractivity contribution < 1.29 is 14.3 Å². The van der Waals surface area contributed by atoms with Gasteiger partial charge in [-0.25, -0.2) is 0 Å². The van der Waals surface area contributed by atoms with Gasteiger partial charge >= 0.3 is 5.97 Å². The molecule has 5 heteroatoms. The highest BCUT2D eigenvalue weighted by Crippen LogP contribution is 2.44. The van der Waals surface area contributed by atoms with Crippen molar-refractivity contribution in [2.24, 2.45) is 17.8 Å². The Labute approximate surface area is 169 Å². The van der Waals surface area contributed by atoms with Crippen molar-refractivity contribution >= 4 is 29.2 Å². The summed E-state index contributed by atoms with van der Waals surface area (Å²) in [5.74, 6) is -0.169. The molecule has 4 rings (SSSR count). The SMILES string of the molecule is Cc1ccc(NC(=O)[C@H](OC(=O)[C@@H]2C[C@H]3C=C[C@H]2C3)c2ccccc2)cc1Cl. The van der Waals surface area contributed by atoms with Gasteiger partial charge in [0.2, 0.25) is 6.10 Å². The monoisotopic (exact) mass is 395 g/mol. The Morgan fingerprint density at radius 1 is 1.11 bits per heavy atom. The molecular weight excluding hydrogens is 374 g/mol. The second kappa shape index (κ2) is 7.80. The first-order chi connectivity index (χ1) is 13.5. The number of esters is 1. The Morgan fingerprint density at radius 3 is 2.54 bits per heavy atom. The average Bonchev–Trinajstić information content (AvgIpc) is 3.33. The van der Waals surface area contributed by atoms with E-state index in [0.29, 0.717) is 22.2 Å². The summed E-state index contributed by atoms with van der Waals surface area (Å²) in [6, 6.07) is 14.4. The molecule has 0 spiro atoms. The number of amides is 1. The molecule has 2 aromatic carbocycles. The number of hydrogen-bond acceptors (Lipinski definition) is 3. The van der Waals surface area contributed by atoms with Gasteiger partial charge in [-0.3, -0.25) is 9.59 Å². The number of benzene rings is 2. The molecule has 4 nitrogen and oxygen atoms in total. The number of carbonyl (C=O) groups is 2. The van der Waals surface area contributed by atoms with E-state index >= 15 is 0 Å². The normalized spacial score (nSPS) is 23.4. The molecule has 144 valence electrons. The molecule has 0 heterocycles. The van der Waals surface area contributed by atoms with Gasteiger partial charge in [0, 0.05) is 16.3 Å². The number of allylic oxidation sites excluding steroid dienone is 2. The molecule has 2 aliphatic carbocycles. The van der Waals surface area contributed by atoms with Crippen LogP contribution in [0.5, 0.6) is 0 Å². The van der Waals surface area contributed by atoms with Crippen molar-refractivity contribution in [2.45, 2.75) is 25.9 Å². The number of nitrogens with one attached hydrogen (secondary N) is 1. The highest BCUT2D eigenvalue weighted by atomic mass is 35.5. The Bertz CT molecular complexity index is 925. The number of ether oxygens (including phenoxy) is 1. The minimum Gasteiger partial charge on any atom is -0.447 e. The second-order valence-electron chi connectivity index (χ2n) is 7.57. The summed E-state index contributed by atoms with van der Waals surface area (Å²) in [7, 11) is 0. The molecule has 0 unspecified atom stereocenters. The largest absolute Gasteiger partial charge is 0.447 e. The van der Waals surface area contributed by atoms with Gasteiger partial charge in [0.1, 0.15) is 0 Å². The van der Waals surface area contributed by atoms with Crippen LogP contribution < -0.4 is 5.32 Å². The number of hydrogen-bond donors (Lipinski definition) is 1. The van der Waals surface area contributed by atoms with Crippen LogP contribution in [-0.2, 0) is 14.3 Å². The summed E-state index contributed by atoms with van der Waals surface area (Å²) in [4.78, 5) is 25.8. The van der Waals surface area contributed by atoms with E-state index < -0.39 is 12.0 Å². The first-order valence-corrected chi connectivity index (χ1v) is 9.90. The fourth-order valence-corrected chi connectivity index (χ4v) is 4.22. The molecule has 28 heavy (non-hydrogen) atoms. The lowest BCUT2D eigenvalue weighted by molar-refractivity contribution is -0.159. The molecule has 2 aliphatic rings. The predicted octanol–water partition coefficient (Wildman–Crippen LogP) is 5.08. The topological polar surface area (TPSA) is 55.4 Å². The summed E-state index contributed by atoms with van der Waals surface area (Å²) >= 11 is 6.16. The maximum atomic E-state index is 13.0. The van der Waals surface area contributed by atoms with Crippen LogP contribution in [-0.4, -0.2) is 11.9 Å². The molecule has 0 saturated heterocycles. The lowest BCUT2D eigenvalue weighted by Gasteiger charge is -2.22. The van der Waals surface area contributed by atoms with Crippen LogP contribution in [0.3, 0.4) is 0 Å². The van der Waals surface area contributed by atoms with Gasteiger partial charge in [-0.2, -0.15) is 0 Å². The third-order valence-corrected chi connectivity index (χ3v) is 6.00. The summed E-state index contributed by atoms with van der Waals surface area (Å²) < 4.78 is 5.74. The third-order valence-electron chi connectivity index (χ3n) is 5.60. The first-order valence-electron chi connectivity index (χ1n) is 9.52. The zero-order valence-corrected chi connectivity index (χ0v) is 16.4. The van der Waals surface area contributed by atoms with E-state index in [-0.39, 0.29) is 17.8 Å². The summed E-state index contributed by atoms with van der Waals surface area (Å²) in [5, 5.41) is 3.39. The van der Waals surface area contributed by atoms with E-state index in [1.54, 1.807) is 24.3 Å². The molecule has 1 N–H and O–H groups in total. The molecular formula is C23H22ClNO3. The molecule has 4 atom stereocenters. The Hall–Kier alpha value is -2.59. The predicted molar refractivity (Wildman–Crippen MR) is 109 cm³/mol. The third kappa shape index (κ3) is 3.83. The molecule has 2 bridgehead atoms. The fourth-order valence-electron chi connectivity index (χ4n) is 4.03. The van der Waals surface area contributed by atoms with Crippen LogP contribution in [0.4, 0.5) is 5.69 Å². The minimum atomic E-state index is -1.00. The van der Waals surface area contributed by atoms with Crippen LogP contribution >= 0.6 is 11.6 Å².